The van der Waals surface area contributed by atoms with Gasteiger partial charge in [-0.25, -0.2) is 4.99 Å². The zero-order valence-electron chi connectivity index (χ0n) is 14.4. The Bertz CT molecular complexity index is 687. The standard InChI is InChI=1S/C17H23Cl2N5.HI/c1-3-20-17(21-8-4-5-13-10-23-24(2)12-13)22-11-14-6-7-15(18)9-16(14)19;/h6-7,9-10,12H,3-5,8,11H2,1-2H3,(H2,20,21,22);1H. The molecular formula is C17H24Cl2IN5. The molecule has 0 aliphatic carbocycles. The first-order valence-electron chi connectivity index (χ1n) is 8.02. The molecule has 1 heterocycles. The molecule has 0 saturated heterocycles. The van der Waals surface area contributed by atoms with Crippen LogP contribution in [0.15, 0.2) is 35.6 Å². The summed E-state index contributed by atoms with van der Waals surface area (Å²) in [5.74, 6) is 0.787. The molecule has 8 heteroatoms. The Labute approximate surface area is 176 Å². The van der Waals surface area contributed by atoms with Gasteiger partial charge in [-0.2, -0.15) is 5.10 Å². The summed E-state index contributed by atoms with van der Waals surface area (Å²) in [5, 5.41) is 12.0. The summed E-state index contributed by atoms with van der Waals surface area (Å²) in [6.45, 7) is 4.20. The Morgan fingerprint density at radius 3 is 2.72 bits per heavy atom. The van der Waals surface area contributed by atoms with E-state index < -0.39 is 0 Å². The summed E-state index contributed by atoms with van der Waals surface area (Å²) in [6.07, 6.45) is 5.95. The SMILES string of the molecule is CCNC(=NCc1ccc(Cl)cc1Cl)NCCCc1cnn(C)c1.I. The summed E-state index contributed by atoms with van der Waals surface area (Å²) in [7, 11) is 1.93. The van der Waals surface area contributed by atoms with E-state index in [4.69, 9.17) is 23.2 Å². The number of benzene rings is 1. The molecule has 0 spiro atoms. The molecule has 1 aromatic carbocycles. The number of halogens is 3. The third kappa shape index (κ3) is 7.83. The number of hydrogen-bond donors (Lipinski definition) is 2. The quantitative estimate of drug-likeness (QED) is 0.264. The summed E-state index contributed by atoms with van der Waals surface area (Å²) in [4.78, 5) is 4.57. The average molecular weight is 496 g/mol. The van der Waals surface area contributed by atoms with E-state index in [9.17, 15) is 0 Å². The van der Waals surface area contributed by atoms with Crippen LogP contribution in [0.3, 0.4) is 0 Å². The maximum atomic E-state index is 6.18. The maximum absolute atomic E-state index is 6.18. The highest BCUT2D eigenvalue weighted by molar-refractivity contribution is 14.0. The number of nitrogens with zero attached hydrogens (tertiary/aromatic N) is 3. The Balaban J connectivity index is 0.00000312. The van der Waals surface area contributed by atoms with Crippen LogP contribution in [0, 0.1) is 0 Å². The highest BCUT2D eigenvalue weighted by Gasteiger charge is 2.02. The second kappa shape index (κ2) is 11.6. The van der Waals surface area contributed by atoms with Crippen LogP contribution in [0.4, 0.5) is 0 Å². The molecule has 0 aliphatic rings. The molecule has 25 heavy (non-hydrogen) atoms. The molecule has 2 N–H and O–H groups in total. The third-order valence-corrected chi connectivity index (χ3v) is 4.05. The summed E-state index contributed by atoms with van der Waals surface area (Å²) in [5.41, 5.74) is 2.20. The Morgan fingerprint density at radius 1 is 1.28 bits per heavy atom. The molecule has 0 amide bonds. The lowest BCUT2D eigenvalue weighted by atomic mass is 10.2. The highest BCUT2D eigenvalue weighted by Crippen LogP contribution is 2.21. The minimum absolute atomic E-state index is 0. The lowest BCUT2D eigenvalue weighted by Gasteiger charge is -2.11. The van der Waals surface area contributed by atoms with Crippen LogP contribution in [0.1, 0.15) is 24.5 Å². The number of nitrogens with one attached hydrogen (secondary N) is 2. The molecule has 0 aliphatic heterocycles. The maximum Gasteiger partial charge on any atom is 0.191 e. The molecule has 0 radical (unpaired) electrons. The fraction of sp³-hybridized carbons (Fsp3) is 0.412. The van der Waals surface area contributed by atoms with Gasteiger partial charge >= 0.3 is 0 Å². The van der Waals surface area contributed by atoms with Gasteiger partial charge in [0, 0.05) is 36.4 Å². The first-order valence-corrected chi connectivity index (χ1v) is 8.77. The smallest absolute Gasteiger partial charge is 0.191 e. The van der Waals surface area contributed by atoms with Crippen molar-refractivity contribution in [2.75, 3.05) is 13.1 Å². The van der Waals surface area contributed by atoms with Crippen LogP contribution in [0.2, 0.25) is 10.0 Å². The van der Waals surface area contributed by atoms with E-state index in [0.717, 1.165) is 37.5 Å². The topological polar surface area (TPSA) is 54.2 Å². The second-order valence-corrected chi connectivity index (χ2v) is 6.33. The van der Waals surface area contributed by atoms with E-state index in [0.29, 0.717) is 16.6 Å². The Morgan fingerprint density at radius 2 is 2.08 bits per heavy atom. The van der Waals surface area contributed by atoms with E-state index in [1.165, 1.54) is 5.56 Å². The van der Waals surface area contributed by atoms with Crippen molar-refractivity contribution in [2.24, 2.45) is 12.0 Å². The predicted molar refractivity (Wildman–Crippen MR) is 116 cm³/mol. The van der Waals surface area contributed by atoms with Crippen molar-refractivity contribution in [3.8, 4) is 0 Å². The van der Waals surface area contributed by atoms with Crippen LogP contribution in [-0.4, -0.2) is 28.8 Å². The number of rotatable bonds is 7. The largest absolute Gasteiger partial charge is 0.357 e. The van der Waals surface area contributed by atoms with E-state index in [1.54, 1.807) is 6.07 Å². The van der Waals surface area contributed by atoms with Crippen molar-refractivity contribution in [3.63, 3.8) is 0 Å². The van der Waals surface area contributed by atoms with Gasteiger partial charge in [0.1, 0.15) is 0 Å². The molecule has 2 aromatic rings. The first kappa shape index (κ1) is 22.1. The number of aromatic nitrogens is 2. The van der Waals surface area contributed by atoms with Crippen molar-refractivity contribution in [1.82, 2.24) is 20.4 Å². The lowest BCUT2D eigenvalue weighted by Crippen LogP contribution is -2.37. The molecule has 0 atom stereocenters. The zero-order valence-corrected chi connectivity index (χ0v) is 18.3. The minimum Gasteiger partial charge on any atom is -0.357 e. The molecule has 0 bridgehead atoms. The van der Waals surface area contributed by atoms with Gasteiger partial charge in [-0.1, -0.05) is 29.3 Å². The van der Waals surface area contributed by atoms with E-state index in [2.05, 4.69) is 20.7 Å². The van der Waals surface area contributed by atoms with Crippen LogP contribution < -0.4 is 10.6 Å². The fourth-order valence-corrected chi connectivity index (χ4v) is 2.72. The average Bonchev–Trinajstić information content (AvgIpc) is 2.96. The number of aryl methyl sites for hydroxylation is 2. The van der Waals surface area contributed by atoms with Gasteiger partial charge in [0.2, 0.25) is 0 Å². The number of hydrogen-bond acceptors (Lipinski definition) is 2. The molecule has 0 saturated carbocycles. The van der Waals surface area contributed by atoms with E-state index >= 15 is 0 Å². The second-order valence-electron chi connectivity index (χ2n) is 5.48. The van der Waals surface area contributed by atoms with Crippen LogP contribution in [0.5, 0.6) is 0 Å². The van der Waals surface area contributed by atoms with Gasteiger partial charge in [-0.15, -0.1) is 24.0 Å². The van der Waals surface area contributed by atoms with Crippen molar-refractivity contribution < 1.29 is 0 Å². The summed E-state index contributed by atoms with van der Waals surface area (Å²) >= 11 is 12.1. The highest BCUT2D eigenvalue weighted by atomic mass is 127. The molecule has 5 nitrogen and oxygen atoms in total. The minimum atomic E-state index is 0. The molecule has 138 valence electrons. The van der Waals surface area contributed by atoms with Crippen LogP contribution >= 0.6 is 47.2 Å². The van der Waals surface area contributed by atoms with Crippen molar-refractivity contribution in [1.29, 1.82) is 0 Å². The van der Waals surface area contributed by atoms with Gasteiger partial charge in [-0.05, 0) is 43.0 Å². The number of aliphatic imine (C=N–C) groups is 1. The van der Waals surface area contributed by atoms with Crippen molar-refractivity contribution in [2.45, 2.75) is 26.3 Å². The molecule has 1 aromatic heterocycles. The Hall–Kier alpha value is -0.990. The third-order valence-electron chi connectivity index (χ3n) is 3.46. The van der Waals surface area contributed by atoms with E-state index in [-0.39, 0.29) is 24.0 Å². The number of guanidine groups is 1. The Kier molecular flexibility index (Phi) is 10.2. The normalized spacial score (nSPS) is 11.1. The van der Waals surface area contributed by atoms with E-state index in [1.807, 2.05) is 43.2 Å². The summed E-state index contributed by atoms with van der Waals surface area (Å²) in [6, 6.07) is 5.47. The predicted octanol–water partition coefficient (Wildman–Crippen LogP) is 4.03. The van der Waals surface area contributed by atoms with Gasteiger partial charge in [0.05, 0.1) is 12.7 Å². The van der Waals surface area contributed by atoms with Gasteiger partial charge in [0.25, 0.3) is 0 Å². The van der Waals surface area contributed by atoms with Crippen molar-refractivity contribution >= 4 is 53.1 Å². The van der Waals surface area contributed by atoms with Gasteiger partial charge < -0.3 is 10.6 Å². The molecular weight excluding hydrogens is 472 g/mol. The zero-order chi connectivity index (χ0) is 17.4. The van der Waals surface area contributed by atoms with Crippen molar-refractivity contribution in [3.05, 3.63) is 51.8 Å². The van der Waals surface area contributed by atoms with Crippen LogP contribution in [0.25, 0.3) is 0 Å². The first-order chi connectivity index (χ1) is 11.6. The lowest BCUT2D eigenvalue weighted by molar-refractivity contribution is 0.740. The monoisotopic (exact) mass is 495 g/mol. The van der Waals surface area contributed by atoms with Gasteiger partial charge in [0.15, 0.2) is 5.96 Å². The van der Waals surface area contributed by atoms with Gasteiger partial charge in [-0.3, -0.25) is 4.68 Å². The molecule has 0 fully saturated rings. The molecule has 2 rings (SSSR count). The fourth-order valence-electron chi connectivity index (χ4n) is 2.26. The molecule has 0 unspecified atom stereocenters. The summed E-state index contributed by atoms with van der Waals surface area (Å²) < 4.78 is 1.82. The van der Waals surface area contributed by atoms with Crippen LogP contribution in [-0.2, 0) is 20.0 Å².